The molecule has 0 saturated heterocycles. The van der Waals surface area contributed by atoms with Crippen molar-refractivity contribution in [3.63, 3.8) is 0 Å². The average Bonchev–Trinajstić information content (AvgIpc) is 2.97. The van der Waals surface area contributed by atoms with Gasteiger partial charge in [-0.15, -0.1) is 0 Å². The summed E-state index contributed by atoms with van der Waals surface area (Å²) >= 11 is 0. The Hall–Kier alpha value is -2.33. The standard InChI is InChI=1S/C22H27N2O2/c1-3-26-19-13-11-18(12-14-19)23-16-22(25,20-9-5-4-8-17(20)2)24-15-7-6-10-21(23)24/h4-5,8-9,11-14,25H,3,6-7,10,15-16H2,1-2H3/q+1/t22-/m1/s1. The third kappa shape index (κ3) is 2.78. The van der Waals surface area contributed by atoms with Gasteiger partial charge in [-0.25, -0.2) is 9.48 Å². The van der Waals surface area contributed by atoms with E-state index in [9.17, 15) is 5.11 Å². The lowest BCUT2D eigenvalue weighted by Gasteiger charge is -2.26. The van der Waals surface area contributed by atoms with Gasteiger partial charge in [0.05, 0.1) is 13.2 Å². The van der Waals surface area contributed by atoms with E-state index in [1.807, 2.05) is 31.2 Å². The second-order valence-corrected chi connectivity index (χ2v) is 7.17. The van der Waals surface area contributed by atoms with Gasteiger partial charge in [-0.2, -0.15) is 0 Å². The summed E-state index contributed by atoms with van der Waals surface area (Å²) in [5, 5.41) is 11.7. The van der Waals surface area contributed by atoms with Gasteiger partial charge in [-0.3, -0.25) is 0 Å². The highest BCUT2D eigenvalue weighted by molar-refractivity contribution is 5.96. The van der Waals surface area contributed by atoms with E-state index in [-0.39, 0.29) is 0 Å². The number of aryl methyl sites for hydroxylation is 1. The van der Waals surface area contributed by atoms with Crippen LogP contribution in [0.3, 0.4) is 0 Å². The predicted molar refractivity (Wildman–Crippen MR) is 104 cm³/mol. The van der Waals surface area contributed by atoms with Gasteiger partial charge in [-0.1, -0.05) is 24.3 Å². The summed E-state index contributed by atoms with van der Waals surface area (Å²) in [4.78, 5) is 2.28. The Morgan fingerprint density at radius 3 is 2.62 bits per heavy atom. The number of nitrogens with zero attached hydrogens (tertiary/aromatic N) is 2. The van der Waals surface area contributed by atoms with Crippen molar-refractivity contribution >= 4 is 11.5 Å². The van der Waals surface area contributed by atoms with Crippen molar-refractivity contribution in [2.45, 2.75) is 38.8 Å². The minimum Gasteiger partial charge on any atom is -0.494 e. The van der Waals surface area contributed by atoms with Crippen molar-refractivity contribution in [3.8, 4) is 5.75 Å². The molecular formula is C22H27N2O2+. The van der Waals surface area contributed by atoms with Crippen LogP contribution in [0.25, 0.3) is 0 Å². The fourth-order valence-corrected chi connectivity index (χ4v) is 4.28. The number of aliphatic hydroxyl groups is 1. The summed E-state index contributed by atoms with van der Waals surface area (Å²) in [6, 6.07) is 16.4. The first-order valence-electron chi connectivity index (χ1n) is 9.56. The van der Waals surface area contributed by atoms with Crippen molar-refractivity contribution in [2.24, 2.45) is 0 Å². The number of β-amino-alcohol motifs (C(OH)–C–C–N with tert-alkyl or cyclic N) is 1. The maximum Gasteiger partial charge on any atom is 0.271 e. The smallest absolute Gasteiger partial charge is 0.271 e. The fourth-order valence-electron chi connectivity index (χ4n) is 4.28. The van der Waals surface area contributed by atoms with Crippen molar-refractivity contribution in [2.75, 3.05) is 24.6 Å². The molecule has 0 spiro atoms. The minimum atomic E-state index is -0.973. The molecule has 2 aromatic carbocycles. The molecule has 0 amide bonds. The summed E-state index contributed by atoms with van der Waals surface area (Å²) in [5.41, 5.74) is 2.28. The zero-order valence-electron chi connectivity index (χ0n) is 15.6. The zero-order valence-corrected chi connectivity index (χ0v) is 15.6. The van der Waals surface area contributed by atoms with Gasteiger partial charge >= 0.3 is 0 Å². The lowest BCUT2D eigenvalue weighted by molar-refractivity contribution is -0.661. The number of hydrogen-bond acceptors (Lipinski definition) is 3. The van der Waals surface area contributed by atoms with E-state index in [4.69, 9.17) is 4.74 Å². The molecule has 4 rings (SSSR count). The van der Waals surface area contributed by atoms with Crippen LogP contribution in [0.2, 0.25) is 0 Å². The highest BCUT2D eigenvalue weighted by atomic mass is 16.5. The Bertz CT molecular complexity index is 828. The van der Waals surface area contributed by atoms with Crippen LogP contribution in [-0.4, -0.2) is 35.2 Å². The van der Waals surface area contributed by atoms with E-state index < -0.39 is 5.72 Å². The number of anilines is 1. The molecular weight excluding hydrogens is 324 g/mol. The van der Waals surface area contributed by atoms with E-state index >= 15 is 0 Å². The first-order valence-corrected chi connectivity index (χ1v) is 9.56. The van der Waals surface area contributed by atoms with Gasteiger partial charge in [0, 0.05) is 12.0 Å². The van der Waals surface area contributed by atoms with Crippen LogP contribution in [0.5, 0.6) is 5.75 Å². The summed E-state index contributed by atoms with van der Waals surface area (Å²) in [5.74, 6) is 2.11. The van der Waals surface area contributed by atoms with Crippen LogP contribution >= 0.6 is 0 Å². The molecule has 0 saturated carbocycles. The molecule has 0 unspecified atom stereocenters. The third-order valence-electron chi connectivity index (χ3n) is 5.52. The third-order valence-corrected chi connectivity index (χ3v) is 5.52. The molecule has 2 aromatic rings. The monoisotopic (exact) mass is 351 g/mol. The normalized spacial score (nSPS) is 22.5. The van der Waals surface area contributed by atoms with Gasteiger partial charge in [0.1, 0.15) is 11.4 Å². The lowest BCUT2D eigenvalue weighted by atomic mass is 9.97. The van der Waals surface area contributed by atoms with Gasteiger partial charge in [0.25, 0.3) is 11.6 Å². The molecule has 0 aromatic heterocycles. The van der Waals surface area contributed by atoms with Crippen LogP contribution in [0, 0.1) is 6.92 Å². The lowest BCUT2D eigenvalue weighted by Crippen LogP contribution is -2.42. The van der Waals surface area contributed by atoms with Crippen LogP contribution in [-0.2, 0) is 5.72 Å². The van der Waals surface area contributed by atoms with Gasteiger partial charge in [0.2, 0.25) is 0 Å². The van der Waals surface area contributed by atoms with E-state index in [1.165, 1.54) is 12.3 Å². The molecule has 0 fully saturated rings. The predicted octanol–water partition coefficient (Wildman–Crippen LogP) is 3.65. The van der Waals surface area contributed by atoms with Crippen LogP contribution < -0.4 is 9.64 Å². The highest BCUT2D eigenvalue weighted by Crippen LogP contribution is 2.37. The van der Waals surface area contributed by atoms with E-state index in [0.717, 1.165) is 42.0 Å². The van der Waals surface area contributed by atoms with Gasteiger partial charge < -0.3 is 9.84 Å². The fraction of sp³-hybridized carbons (Fsp3) is 0.409. The maximum absolute atomic E-state index is 11.7. The van der Waals surface area contributed by atoms with Crippen LogP contribution in [0.15, 0.2) is 48.5 Å². The number of ether oxygens (including phenoxy) is 1. The van der Waals surface area contributed by atoms with Gasteiger partial charge in [0.15, 0.2) is 6.54 Å². The van der Waals surface area contributed by atoms with Crippen molar-refractivity contribution in [1.29, 1.82) is 0 Å². The minimum absolute atomic E-state index is 0.557. The SMILES string of the molecule is CCOc1ccc(N2C[C@@](O)(c3ccccc3C)[N+]3=C2CCCC3)cc1. The number of hydrogen-bond donors (Lipinski definition) is 1. The molecule has 0 aliphatic carbocycles. The van der Waals surface area contributed by atoms with Crippen molar-refractivity contribution in [3.05, 3.63) is 59.7 Å². The molecule has 1 atom stereocenters. The first-order chi connectivity index (χ1) is 12.6. The summed E-state index contributed by atoms with van der Waals surface area (Å²) in [7, 11) is 0. The highest BCUT2D eigenvalue weighted by Gasteiger charge is 2.52. The molecule has 136 valence electrons. The first kappa shape index (κ1) is 17.1. The van der Waals surface area contributed by atoms with Gasteiger partial charge in [-0.05, 0) is 56.5 Å². The maximum atomic E-state index is 11.7. The zero-order chi connectivity index (χ0) is 18.1. The van der Waals surface area contributed by atoms with Crippen molar-refractivity contribution in [1.82, 2.24) is 0 Å². The second-order valence-electron chi connectivity index (χ2n) is 7.17. The van der Waals surface area contributed by atoms with Crippen LogP contribution in [0.4, 0.5) is 5.69 Å². The summed E-state index contributed by atoms with van der Waals surface area (Å²) in [6.45, 7) is 6.19. The Labute approximate surface area is 155 Å². The molecule has 4 heteroatoms. The van der Waals surface area contributed by atoms with E-state index in [1.54, 1.807) is 0 Å². The quantitative estimate of drug-likeness (QED) is 0.854. The molecule has 26 heavy (non-hydrogen) atoms. The largest absolute Gasteiger partial charge is 0.494 e. The number of amidine groups is 1. The Morgan fingerprint density at radius 2 is 1.88 bits per heavy atom. The Balaban J connectivity index is 1.74. The molecule has 1 N–H and O–H groups in total. The summed E-state index contributed by atoms with van der Waals surface area (Å²) < 4.78 is 7.79. The van der Waals surface area contributed by atoms with E-state index in [0.29, 0.717) is 13.2 Å². The Kier molecular flexibility index (Phi) is 4.45. The Morgan fingerprint density at radius 1 is 1.12 bits per heavy atom. The summed E-state index contributed by atoms with van der Waals surface area (Å²) in [6.07, 6.45) is 3.29. The molecule has 2 aliphatic heterocycles. The topological polar surface area (TPSA) is 35.7 Å². The molecule has 2 heterocycles. The van der Waals surface area contributed by atoms with Crippen LogP contribution in [0.1, 0.15) is 37.3 Å². The molecule has 0 bridgehead atoms. The number of benzene rings is 2. The molecule has 0 radical (unpaired) electrons. The number of rotatable bonds is 4. The second kappa shape index (κ2) is 6.76. The van der Waals surface area contributed by atoms with Crippen molar-refractivity contribution < 1.29 is 14.4 Å². The molecule has 2 aliphatic rings. The average molecular weight is 351 g/mol. The van der Waals surface area contributed by atoms with E-state index in [2.05, 4.69) is 40.7 Å². The molecule has 4 nitrogen and oxygen atoms in total.